The fraction of sp³-hybridized carbons (Fsp3) is 0.308. The van der Waals surface area contributed by atoms with Crippen molar-refractivity contribution in [3.63, 3.8) is 0 Å². The average Bonchev–Trinajstić information content (AvgIpc) is 2.33. The summed E-state index contributed by atoms with van der Waals surface area (Å²) < 4.78 is 11.0. The molecule has 0 fully saturated rings. The molecule has 0 spiro atoms. The van der Waals surface area contributed by atoms with Gasteiger partial charge in [0.1, 0.15) is 21.9 Å². The van der Waals surface area contributed by atoms with Crippen LogP contribution in [0, 0.1) is 0 Å². The van der Waals surface area contributed by atoms with Crippen LogP contribution in [0.15, 0.2) is 26.4 Å². The first-order chi connectivity index (χ1) is 8.93. The van der Waals surface area contributed by atoms with Crippen molar-refractivity contribution < 1.29 is 14.3 Å². The van der Waals surface area contributed by atoms with Crippen LogP contribution in [0.2, 0.25) is 5.02 Å². The highest BCUT2D eigenvalue weighted by Crippen LogP contribution is 2.38. The largest absolute Gasteiger partial charge is 0.507 e. The number of halogens is 1. The molecule has 1 aromatic heterocycles. The summed E-state index contributed by atoms with van der Waals surface area (Å²) >= 11 is 7.46. The van der Waals surface area contributed by atoms with E-state index in [1.165, 1.54) is 23.9 Å². The summed E-state index contributed by atoms with van der Waals surface area (Å²) in [6.45, 7) is 3.68. The zero-order valence-corrected chi connectivity index (χ0v) is 12.3. The predicted octanol–water partition coefficient (Wildman–Crippen LogP) is 3.66. The number of fused-ring (bicyclic) bond motifs is 1. The van der Waals surface area contributed by atoms with Crippen molar-refractivity contribution in [3.8, 4) is 11.5 Å². The van der Waals surface area contributed by atoms with Crippen molar-refractivity contribution in [3.05, 3.63) is 27.4 Å². The van der Waals surface area contributed by atoms with Crippen molar-refractivity contribution in [2.45, 2.75) is 25.0 Å². The zero-order valence-electron chi connectivity index (χ0n) is 10.7. The second kappa shape index (κ2) is 5.35. The Morgan fingerprint density at radius 1 is 1.42 bits per heavy atom. The number of thioether (sulfide) groups is 1. The van der Waals surface area contributed by atoms with Crippen molar-refractivity contribution in [1.29, 1.82) is 0 Å². The van der Waals surface area contributed by atoms with Gasteiger partial charge in [0.2, 0.25) is 0 Å². The quantitative estimate of drug-likeness (QED) is 0.877. The summed E-state index contributed by atoms with van der Waals surface area (Å²) in [5, 5.41) is 10.6. The second-order valence-corrected chi connectivity index (χ2v) is 5.40. The number of hydrogen-bond acceptors (Lipinski definition) is 5. The number of hydrogen-bond donors (Lipinski definition) is 1. The topological polar surface area (TPSA) is 59.7 Å². The molecule has 0 aliphatic carbocycles. The van der Waals surface area contributed by atoms with Crippen molar-refractivity contribution in [1.82, 2.24) is 0 Å². The lowest BCUT2D eigenvalue weighted by Crippen LogP contribution is -2.07. The van der Waals surface area contributed by atoms with Gasteiger partial charge < -0.3 is 14.3 Å². The maximum atomic E-state index is 11.9. The van der Waals surface area contributed by atoms with Crippen LogP contribution in [0.4, 0.5) is 0 Å². The van der Waals surface area contributed by atoms with Crippen LogP contribution in [-0.4, -0.2) is 17.5 Å². The van der Waals surface area contributed by atoms with Gasteiger partial charge in [-0.1, -0.05) is 23.4 Å². The van der Waals surface area contributed by atoms with Gasteiger partial charge in [0.15, 0.2) is 16.1 Å². The molecule has 4 nitrogen and oxygen atoms in total. The standard InChI is InChI=1S/C13H13ClO4S/c1-6(2)17-9-4-7(15)11-8(16)5-10(19-3)18-13(11)12(9)14/h4-6,15H,1-3H3. The summed E-state index contributed by atoms with van der Waals surface area (Å²) in [6, 6.07) is 2.66. The molecule has 19 heavy (non-hydrogen) atoms. The molecule has 1 heterocycles. The molecule has 0 radical (unpaired) electrons. The Morgan fingerprint density at radius 2 is 2.11 bits per heavy atom. The Bertz CT molecular complexity index is 678. The van der Waals surface area contributed by atoms with Crippen LogP contribution in [0.1, 0.15) is 13.8 Å². The number of phenols is 1. The van der Waals surface area contributed by atoms with Gasteiger partial charge in [0.05, 0.1) is 6.10 Å². The first kappa shape index (κ1) is 14.1. The van der Waals surface area contributed by atoms with Gasteiger partial charge in [-0.3, -0.25) is 4.79 Å². The van der Waals surface area contributed by atoms with Gasteiger partial charge in [-0.2, -0.15) is 0 Å². The van der Waals surface area contributed by atoms with Crippen LogP contribution in [0.25, 0.3) is 11.0 Å². The molecule has 1 aromatic carbocycles. The van der Waals surface area contributed by atoms with Crippen LogP contribution in [0.5, 0.6) is 11.5 Å². The smallest absolute Gasteiger partial charge is 0.197 e. The lowest BCUT2D eigenvalue weighted by atomic mass is 10.2. The van der Waals surface area contributed by atoms with E-state index in [1.54, 1.807) is 6.26 Å². The molecule has 0 saturated heterocycles. The second-order valence-electron chi connectivity index (χ2n) is 4.21. The third-order valence-corrected chi connectivity index (χ3v) is 3.39. The Balaban J connectivity index is 2.79. The third kappa shape index (κ3) is 2.67. The zero-order chi connectivity index (χ0) is 14.2. The number of phenolic OH excluding ortho intramolecular Hbond substituents is 1. The van der Waals surface area contributed by atoms with Crippen LogP contribution < -0.4 is 10.2 Å². The fourth-order valence-electron chi connectivity index (χ4n) is 1.68. The molecule has 1 N–H and O–H groups in total. The monoisotopic (exact) mass is 300 g/mol. The minimum atomic E-state index is -0.332. The minimum absolute atomic E-state index is 0.0684. The van der Waals surface area contributed by atoms with Gasteiger partial charge in [0.25, 0.3) is 0 Å². The lowest BCUT2D eigenvalue weighted by molar-refractivity contribution is 0.241. The Morgan fingerprint density at radius 3 is 2.68 bits per heavy atom. The SMILES string of the molecule is CSc1cc(=O)c2c(O)cc(OC(C)C)c(Cl)c2o1. The van der Waals surface area contributed by atoms with E-state index in [0.717, 1.165) is 0 Å². The summed E-state index contributed by atoms with van der Waals surface area (Å²) in [5.41, 5.74) is -0.185. The van der Waals surface area contributed by atoms with Crippen molar-refractivity contribution in [2.75, 3.05) is 6.26 Å². The normalized spacial score (nSPS) is 11.2. The molecular weight excluding hydrogens is 288 g/mol. The maximum absolute atomic E-state index is 11.9. The van der Waals surface area contributed by atoms with Gasteiger partial charge in [-0.15, -0.1) is 0 Å². The van der Waals surface area contributed by atoms with Crippen LogP contribution in [-0.2, 0) is 0 Å². The summed E-state index contributed by atoms with van der Waals surface area (Å²) in [6.07, 6.45) is 1.68. The van der Waals surface area contributed by atoms with Crippen LogP contribution >= 0.6 is 23.4 Å². The summed E-state index contributed by atoms with van der Waals surface area (Å²) in [5.74, 6) is 0.0968. The molecule has 0 aliphatic heterocycles. The van der Waals surface area contributed by atoms with Crippen molar-refractivity contribution >= 4 is 34.3 Å². The molecule has 0 amide bonds. The molecule has 0 atom stereocenters. The lowest BCUT2D eigenvalue weighted by Gasteiger charge is -2.13. The van der Waals surface area contributed by atoms with Gasteiger partial charge >= 0.3 is 0 Å². The molecule has 6 heteroatoms. The molecule has 2 aromatic rings. The van der Waals surface area contributed by atoms with Crippen LogP contribution in [0.3, 0.4) is 0 Å². The van der Waals surface area contributed by atoms with E-state index >= 15 is 0 Å². The van der Waals surface area contributed by atoms with Gasteiger partial charge in [-0.25, -0.2) is 0 Å². The Hall–Kier alpha value is -1.33. The average molecular weight is 301 g/mol. The minimum Gasteiger partial charge on any atom is -0.507 e. The predicted molar refractivity (Wildman–Crippen MR) is 76.7 cm³/mol. The van der Waals surface area contributed by atoms with Gasteiger partial charge in [-0.05, 0) is 20.1 Å². The van der Waals surface area contributed by atoms with E-state index < -0.39 is 0 Å². The van der Waals surface area contributed by atoms with E-state index in [2.05, 4.69) is 0 Å². The highest BCUT2D eigenvalue weighted by atomic mass is 35.5. The summed E-state index contributed by atoms with van der Waals surface area (Å²) in [7, 11) is 0. The molecular formula is C13H13ClO4S. The number of aromatic hydroxyl groups is 1. The van der Waals surface area contributed by atoms with Gasteiger partial charge in [0, 0.05) is 12.1 Å². The molecule has 0 aliphatic rings. The van der Waals surface area contributed by atoms with E-state index in [9.17, 15) is 9.90 Å². The number of ether oxygens (including phenoxy) is 1. The van der Waals surface area contributed by atoms with E-state index in [-0.39, 0.29) is 33.3 Å². The van der Waals surface area contributed by atoms with E-state index in [4.69, 9.17) is 20.8 Å². The number of rotatable bonds is 3. The maximum Gasteiger partial charge on any atom is 0.197 e. The van der Waals surface area contributed by atoms with E-state index in [1.807, 2.05) is 13.8 Å². The molecule has 102 valence electrons. The highest BCUT2D eigenvalue weighted by molar-refractivity contribution is 7.98. The fourth-order valence-corrected chi connectivity index (χ4v) is 2.30. The Kier molecular flexibility index (Phi) is 3.96. The summed E-state index contributed by atoms with van der Waals surface area (Å²) in [4.78, 5) is 11.9. The first-order valence-corrected chi connectivity index (χ1v) is 7.24. The third-order valence-electron chi connectivity index (χ3n) is 2.43. The van der Waals surface area contributed by atoms with Crippen molar-refractivity contribution in [2.24, 2.45) is 0 Å². The highest BCUT2D eigenvalue weighted by Gasteiger charge is 2.18. The Labute approximate surface area is 119 Å². The number of benzene rings is 1. The molecule has 2 rings (SSSR count). The first-order valence-electron chi connectivity index (χ1n) is 5.64. The molecule has 0 saturated carbocycles. The molecule has 0 bridgehead atoms. The van der Waals surface area contributed by atoms with E-state index in [0.29, 0.717) is 10.8 Å². The molecule has 0 unspecified atom stereocenters.